The third-order valence-corrected chi connectivity index (χ3v) is 3.09. The number of hydrogen-bond acceptors (Lipinski definition) is 3. The summed E-state index contributed by atoms with van der Waals surface area (Å²) in [6.07, 6.45) is 2.43. The highest BCUT2D eigenvalue weighted by Gasteiger charge is 2.10. The molecule has 0 rings (SSSR count). The van der Waals surface area contributed by atoms with Crippen molar-refractivity contribution in [1.82, 2.24) is 10.2 Å². The molecule has 3 nitrogen and oxygen atoms in total. The fourth-order valence-electron chi connectivity index (χ4n) is 1.53. The predicted octanol–water partition coefficient (Wildman–Crippen LogP) is 1.73. The van der Waals surface area contributed by atoms with Crippen LogP contribution in [-0.2, 0) is 4.74 Å². The zero-order chi connectivity index (χ0) is 11.7. The van der Waals surface area contributed by atoms with Crippen molar-refractivity contribution in [3.8, 4) is 0 Å². The summed E-state index contributed by atoms with van der Waals surface area (Å²) < 4.78 is 5.07. The van der Waals surface area contributed by atoms with E-state index in [0.29, 0.717) is 12.1 Å². The second kappa shape index (κ2) is 9.13. The molecule has 0 aromatic heterocycles. The van der Waals surface area contributed by atoms with Gasteiger partial charge >= 0.3 is 0 Å². The molecule has 0 heterocycles. The van der Waals surface area contributed by atoms with Gasteiger partial charge in [-0.25, -0.2) is 0 Å². The highest BCUT2D eigenvalue weighted by molar-refractivity contribution is 4.70. The number of nitrogens with zero attached hydrogens (tertiary/aromatic N) is 1. The predicted molar refractivity (Wildman–Crippen MR) is 66.3 cm³/mol. The molecular formula is C12H28N2O. The van der Waals surface area contributed by atoms with Crippen molar-refractivity contribution in [2.45, 2.75) is 45.7 Å². The second-order valence-corrected chi connectivity index (χ2v) is 4.24. The first-order valence-electron chi connectivity index (χ1n) is 6.08. The lowest BCUT2D eigenvalue weighted by atomic mass is 10.1. The van der Waals surface area contributed by atoms with Crippen molar-refractivity contribution in [3.05, 3.63) is 0 Å². The van der Waals surface area contributed by atoms with Gasteiger partial charge in [0.1, 0.15) is 0 Å². The van der Waals surface area contributed by atoms with Crippen molar-refractivity contribution in [2.75, 3.05) is 33.9 Å². The highest BCUT2D eigenvalue weighted by atomic mass is 16.5. The lowest BCUT2D eigenvalue weighted by Crippen LogP contribution is -2.42. The van der Waals surface area contributed by atoms with E-state index in [-0.39, 0.29) is 0 Å². The monoisotopic (exact) mass is 216 g/mol. The van der Waals surface area contributed by atoms with Crippen LogP contribution in [0.1, 0.15) is 33.6 Å². The maximum atomic E-state index is 5.07. The van der Waals surface area contributed by atoms with Crippen LogP contribution in [0.2, 0.25) is 0 Å². The van der Waals surface area contributed by atoms with E-state index in [1.807, 2.05) is 0 Å². The Hall–Kier alpha value is -0.120. The number of hydrogen-bond donors (Lipinski definition) is 1. The molecule has 0 aliphatic carbocycles. The van der Waals surface area contributed by atoms with Gasteiger partial charge in [0.25, 0.3) is 0 Å². The minimum Gasteiger partial charge on any atom is -0.383 e. The Kier molecular flexibility index (Phi) is 9.06. The summed E-state index contributed by atoms with van der Waals surface area (Å²) in [4.78, 5) is 2.33. The molecular weight excluding hydrogens is 188 g/mol. The van der Waals surface area contributed by atoms with Crippen molar-refractivity contribution in [2.24, 2.45) is 0 Å². The van der Waals surface area contributed by atoms with Crippen molar-refractivity contribution in [1.29, 1.82) is 0 Å². The number of ether oxygens (including phenoxy) is 1. The van der Waals surface area contributed by atoms with Gasteiger partial charge in [-0.15, -0.1) is 0 Å². The van der Waals surface area contributed by atoms with E-state index in [2.05, 4.69) is 38.0 Å². The number of nitrogens with one attached hydrogen (secondary N) is 1. The second-order valence-electron chi connectivity index (χ2n) is 4.24. The van der Waals surface area contributed by atoms with Gasteiger partial charge in [-0.2, -0.15) is 0 Å². The largest absolute Gasteiger partial charge is 0.383 e. The number of likely N-dealkylation sites (N-methyl/N-ethyl adjacent to an activating group) is 1. The Labute approximate surface area is 95.2 Å². The smallest absolute Gasteiger partial charge is 0.0589 e. The van der Waals surface area contributed by atoms with E-state index in [1.54, 1.807) is 7.11 Å². The van der Waals surface area contributed by atoms with Crippen LogP contribution in [0, 0.1) is 0 Å². The molecule has 0 saturated carbocycles. The van der Waals surface area contributed by atoms with Gasteiger partial charge in [-0.1, -0.05) is 13.8 Å². The Morgan fingerprint density at radius 2 is 1.87 bits per heavy atom. The normalized spacial score (nSPS) is 13.8. The Morgan fingerprint density at radius 3 is 2.33 bits per heavy atom. The molecule has 0 bridgehead atoms. The molecule has 0 aromatic carbocycles. The first-order chi connectivity index (χ1) is 7.15. The van der Waals surface area contributed by atoms with Gasteiger partial charge in [0.05, 0.1) is 6.61 Å². The molecule has 1 unspecified atom stereocenters. The van der Waals surface area contributed by atoms with Crippen LogP contribution in [0.15, 0.2) is 0 Å². The molecule has 1 N–H and O–H groups in total. The molecule has 0 spiro atoms. The minimum absolute atomic E-state index is 0.570. The molecule has 0 aromatic rings. The fraction of sp³-hybridized carbons (Fsp3) is 1.00. The first-order valence-corrected chi connectivity index (χ1v) is 6.08. The Morgan fingerprint density at radius 1 is 1.27 bits per heavy atom. The molecule has 0 fully saturated rings. The topological polar surface area (TPSA) is 24.5 Å². The number of rotatable bonds is 9. The lowest BCUT2D eigenvalue weighted by Gasteiger charge is -2.26. The third kappa shape index (κ3) is 6.88. The van der Waals surface area contributed by atoms with E-state index in [9.17, 15) is 0 Å². The van der Waals surface area contributed by atoms with Crippen LogP contribution in [0.25, 0.3) is 0 Å². The molecule has 0 aliphatic heterocycles. The summed E-state index contributed by atoms with van der Waals surface area (Å²) in [5.74, 6) is 0. The van der Waals surface area contributed by atoms with Gasteiger partial charge in [0.2, 0.25) is 0 Å². The maximum absolute atomic E-state index is 5.07. The van der Waals surface area contributed by atoms with Crippen molar-refractivity contribution in [3.63, 3.8) is 0 Å². The molecule has 0 aliphatic rings. The van der Waals surface area contributed by atoms with Crippen LogP contribution in [-0.4, -0.2) is 50.8 Å². The van der Waals surface area contributed by atoms with E-state index >= 15 is 0 Å². The summed E-state index contributed by atoms with van der Waals surface area (Å²) in [5, 5.41) is 3.59. The van der Waals surface area contributed by atoms with Crippen LogP contribution < -0.4 is 5.32 Å². The van der Waals surface area contributed by atoms with Crippen LogP contribution in [0.3, 0.4) is 0 Å². The van der Waals surface area contributed by atoms with E-state index in [1.165, 1.54) is 12.8 Å². The summed E-state index contributed by atoms with van der Waals surface area (Å²) in [5.41, 5.74) is 0. The zero-order valence-electron chi connectivity index (χ0n) is 11.0. The van der Waals surface area contributed by atoms with E-state index < -0.39 is 0 Å². The summed E-state index contributed by atoms with van der Waals surface area (Å²) in [6, 6.07) is 1.24. The molecule has 3 heteroatoms. The molecule has 15 heavy (non-hydrogen) atoms. The van der Waals surface area contributed by atoms with Crippen LogP contribution in [0.5, 0.6) is 0 Å². The SMILES string of the molecule is CCC(CC)NCC(C)N(C)CCOC. The zero-order valence-corrected chi connectivity index (χ0v) is 11.0. The van der Waals surface area contributed by atoms with Crippen molar-refractivity contribution >= 4 is 0 Å². The molecule has 0 amide bonds. The molecule has 92 valence electrons. The highest BCUT2D eigenvalue weighted by Crippen LogP contribution is 1.99. The van der Waals surface area contributed by atoms with Gasteiger partial charge in [-0.05, 0) is 26.8 Å². The first kappa shape index (κ1) is 14.9. The standard InChI is InChI=1S/C12H28N2O/c1-6-12(7-2)13-10-11(3)14(4)8-9-15-5/h11-13H,6-10H2,1-5H3. The fourth-order valence-corrected chi connectivity index (χ4v) is 1.53. The Balaban J connectivity index is 3.66. The van der Waals surface area contributed by atoms with Gasteiger partial charge < -0.3 is 15.0 Å². The number of methoxy groups -OCH3 is 1. The summed E-state index contributed by atoms with van der Waals surface area (Å²) >= 11 is 0. The lowest BCUT2D eigenvalue weighted by molar-refractivity contribution is 0.141. The summed E-state index contributed by atoms with van der Waals surface area (Å²) in [6.45, 7) is 9.60. The van der Waals surface area contributed by atoms with E-state index in [4.69, 9.17) is 4.74 Å². The maximum Gasteiger partial charge on any atom is 0.0589 e. The third-order valence-electron chi connectivity index (χ3n) is 3.09. The summed E-state index contributed by atoms with van der Waals surface area (Å²) in [7, 11) is 3.90. The van der Waals surface area contributed by atoms with E-state index in [0.717, 1.165) is 19.7 Å². The van der Waals surface area contributed by atoms with Gasteiger partial charge in [-0.3, -0.25) is 0 Å². The molecule has 1 atom stereocenters. The van der Waals surface area contributed by atoms with Gasteiger partial charge in [0, 0.05) is 32.3 Å². The average molecular weight is 216 g/mol. The van der Waals surface area contributed by atoms with Crippen LogP contribution >= 0.6 is 0 Å². The minimum atomic E-state index is 0.570. The molecule has 0 radical (unpaired) electrons. The Bertz CT molecular complexity index is 138. The average Bonchev–Trinajstić information content (AvgIpc) is 2.26. The van der Waals surface area contributed by atoms with Crippen molar-refractivity contribution < 1.29 is 4.74 Å². The quantitative estimate of drug-likeness (QED) is 0.635. The molecule has 0 saturated heterocycles. The van der Waals surface area contributed by atoms with Gasteiger partial charge in [0.15, 0.2) is 0 Å². The van der Waals surface area contributed by atoms with Crippen LogP contribution in [0.4, 0.5) is 0 Å².